The summed E-state index contributed by atoms with van der Waals surface area (Å²) in [7, 11) is 1.58. The first-order chi connectivity index (χ1) is 16.1. The van der Waals surface area contributed by atoms with Crippen LogP contribution in [0.5, 0.6) is 11.5 Å². The molecular weight excluding hydrogens is 422 g/mol. The van der Waals surface area contributed by atoms with Gasteiger partial charge >= 0.3 is 0 Å². The van der Waals surface area contributed by atoms with Crippen molar-refractivity contribution in [3.63, 3.8) is 0 Å². The molecule has 3 aromatic rings. The van der Waals surface area contributed by atoms with Crippen LogP contribution in [0.2, 0.25) is 0 Å². The molecule has 172 valence electrons. The maximum absolute atomic E-state index is 12.5. The molecule has 1 amide bonds. The van der Waals surface area contributed by atoms with E-state index in [9.17, 15) is 9.59 Å². The molecule has 0 atom stereocenters. The number of methoxy groups -OCH3 is 1. The molecule has 0 bridgehead atoms. The molecule has 1 saturated carbocycles. The molecule has 9 heteroatoms. The molecule has 0 unspecified atom stereocenters. The smallest absolute Gasteiger partial charge is 0.273 e. The number of aryl methyl sites for hydroxylation is 1. The van der Waals surface area contributed by atoms with E-state index in [1.165, 1.54) is 19.3 Å². The second kappa shape index (κ2) is 10.7. The average molecular weight is 450 g/mol. The van der Waals surface area contributed by atoms with Crippen molar-refractivity contribution in [1.29, 1.82) is 0 Å². The summed E-state index contributed by atoms with van der Waals surface area (Å²) in [6.07, 6.45) is 7.35. The fourth-order valence-electron chi connectivity index (χ4n) is 3.48. The van der Waals surface area contributed by atoms with Crippen molar-refractivity contribution in [3.8, 4) is 22.9 Å². The maximum Gasteiger partial charge on any atom is 0.273 e. The number of hydrogen-bond donors (Lipinski definition) is 2. The van der Waals surface area contributed by atoms with Crippen LogP contribution < -0.4 is 20.3 Å². The Labute approximate surface area is 191 Å². The van der Waals surface area contributed by atoms with Crippen molar-refractivity contribution >= 4 is 5.91 Å². The lowest BCUT2D eigenvalue weighted by molar-refractivity contribution is -0.121. The quantitative estimate of drug-likeness (QED) is 0.488. The molecule has 1 aromatic carbocycles. The molecular formula is C24H27N5O4. The first-order valence-electron chi connectivity index (χ1n) is 11.0. The van der Waals surface area contributed by atoms with Gasteiger partial charge in [-0.3, -0.25) is 14.6 Å². The number of carbonyl (C=O) groups is 1. The lowest BCUT2D eigenvalue weighted by atomic mass is 9.86. The van der Waals surface area contributed by atoms with Crippen LogP contribution in [-0.4, -0.2) is 39.8 Å². The lowest BCUT2D eigenvalue weighted by Crippen LogP contribution is -2.25. The molecule has 9 nitrogen and oxygen atoms in total. The van der Waals surface area contributed by atoms with Crippen molar-refractivity contribution in [2.24, 2.45) is 5.92 Å². The van der Waals surface area contributed by atoms with Crippen molar-refractivity contribution in [2.75, 3.05) is 13.7 Å². The van der Waals surface area contributed by atoms with Crippen LogP contribution in [0.4, 0.5) is 0 Å². The predicted octanol–water partition coefficient (Wildman–Crippen LogP) is 2.66. The van der Waals surface area contributed by atoms with Gasteiger partial charge in [-0.2, -0.15) is 0 Å². The Balaban J connectivity index is 1.35. The van der Waals surface area contributed by atoms with Gasteiger partial charge in [-0.05, 0) is 54.7 Å². The molecule has 4 rings (SSSR count). The molecule has 0 radical (unpaired) electrons. The van der Waals surface area contributed by atoms with Crippen LogP contribution >= 0.6 is 0 Å². The van der Waals surface area contributed by atoms with Crippen molar-refractivity contribution < 1.29 is 14.3 Å². The summed E-state index contributed by atoms with van der Waals surface area (Å²) in [5.41, 5.74) is 1.46. The summed E-state index contributed by atoms with van der Waals surface area (Å²) in [5, 5.41) is 11.0. The van der Waals surface area contributed by atoms with Gasteiger partial charge in [0.05, 0.1) is 13.7 Å². The number of ether oxygens (including phenoxy) is 2. The van der Waals surface area contributed by atoms with Gasteiger partial charge in [0, 0.05) is 37.3 Å². The number of amides is 1. The fourth-order valence-corrected chi connectivity index (χ4v) is 3.48. The summed E-state index contributed by atoms with van der Waals surface area (Å²) in [6.45, 7) is 1.09. The Morgan fingerprint density at radius 3 is 2.67 bits per heavy atom. The van der Waals surface area contributed by atoms with Crippen molar-refractivity contribution in [3.05, 3.63) is 64.3 Å². The number of pyridine rings is 1. The number of rotatable bonds is 10. The molecule has 2 N–H and O–H groups in total. The van der Waals surface area contributed by atoms with Crippen LogP contribution in [0.15, 0.2) is 47.5 Å². The number of aromatic amines is 1. The summed E-state index contributed by atoms with van der Waals surface area (Å²) in [4.78, 5) is 31.3. The van der Waals surface area contributed by atoms with Crippen LogP contribution in [0, 0.1) is 5.92 Å². The number of aromatic nitrogens is 4. The minimum absolute atomic E-state index is 0.142. The minimum atomic E-state index is -0.369. The van der Waals surface area contributed by atoms with E-state index in [-0.39, 0.29) is 30.0 Å². The Hall–Kier alpha value is -3.75. The van der Waals surface area contributed by atoms with E-state index in [0.29, 0.717) is 42.0 Å². The number of nitrogens with zero attached hydrogens (tertiary/aromatic N) is 3. The van der Waals surface area contributed by atoms with E-state index in [0.717, 1.165) is 5.56 Å². The van der Waals surface area contributed by atoms with E-state index in [2.05, 4.69) is 25.5 Å². The van der Waals surface area contributed by atoms with E-state index in [1.54, 1.807) is 25.6 Å². The van der Waals surface area contributed by atoms with Crippen LogP contribution in [0.3, 0.4) is 0 Å². The molecule has 1 aliphatic rings. The number of H-pyrrole nitrogens is 1. The SMILES string of the molecule is COc1cc(-c2nnc(CCC(=O)NCc3ccncc3)c(=O)[nH]2)ccc1OCC1CCC1. The van der Waals surface area contributed by atoms with Crippen LogP contribution in [0.25, 0.3) is 11.4 Å². The van der Waals surface area contributed by atoms with Gasteiger partial charge in [0.25, 0.3) is 5.56 Å². The zero-order valence-corrected chi connectivity index (χ0v) is 18.5. The van der Waals surface area contributed by atoms with Crippen molar-refractivity contribution in [2.45, 2.75) is 38.6 Å². The molecule has 0 aliphatic heterocycles. The van der Waals surface area contributed by atoms with Gasteiger partial charge in [0.15, 0.2) is 17.3 Å². The topological polar surface area (TPSA) is 119 Å². The maximum atomic E-state index is 12.5. The Bertz CT molecular complexity index is 1150. The van der Waals surface area contributed by atoms with E-state index >= 15 is 0 Å². The second-order valence-electron chi connectivity index (χ2n) is 8.06. The minimum Gasteiger partial charge on any atom is -0.493 e. The second-order valence-corrected chi connectivity index (χ2v) is 8.06. The molecule has 2 heterocycles. The molecule has 0 saturated heterocycles. The highest BCUT2D eigenvalue weighted by Gasteiger charge is 2.19. The zero-order chi connectivity index (χ0) is 23.0. The predicted molar refractivity (Wildman–Crippen MR) is 122 cm³/mol. The zero-order valence-electron chi connectivity index (χ0n) is 18.5. The first-order valence-corrected chi connectivity index (χ1v) is 11.0. The Morgan fingerprint density at radius 2 is 1.97 bits per heavy atom. The number of carbonyl (C=O) groups excluding carboxylic acids is 1. The first kappa shape index (κ1) is 22.4. The standard InChI is InChI=1S/C24H27N5O4/c1-32-21-13-18(5-7-20(21)33-15-17-3-2-4-17)23-27-24(31)19(28-29-23)6-8-22(30)26-14-16-9-11-25-12-10-16/h5,7,9-13,17H,2-4,6,8,14-15H2,1H3,(H,26,30)(H,27,29,31). The van der Waals surface area contributed by atoms with Crippen LogP contribution in [0.1, 0.15) is 36.9 Å². The molecule has 0 spiro atoms. The largest absolute Gasteiger partial charge is 0.493 e. The number of benzene rings is 1. The summed E-state index contributed by atoms with van der Waals surface area (Å²) < 4.78 is 11.3. The molecule has 2 aromatic heterocycles. The summed E-state index contributed by atoms with van der Waals surface area (Å²) >= 11 is 0. The average Bonchev–Trinajstić information content (AvgIpc) is 2.81. The summed E-state index contributed by atoms with van der Waals surface area (Å²) in [6, 6.07) is 9.05. The van der Waals surface area contributed by atoms with Crippen LogP contribution in [-0.2, 0) is 17.8 Å². The number of hydrogen-bond acceptors (Lipinski definition) is 7. The van der Waals surface area contributed by atoms with E-state index < -0.39 is 0 Å². The third-order valence-corrected chi connectivity index (χ3v) is 5.73. The molecule has 33 heavy (non-hydrogen) atoms. The van der Waals surface area contributed by atoms with Gasteiger partial charge < -0.3 is 19.8 Å². The van der Waals surface area contributed by atoms with E-state index in [4.69, 9.17) is 9.47 Å². The number of nitrogens with one attached hydrogen (secondary N) is 2. The highest BCUT2D eigenvalue weighted by Crippen LogP contribution is 2.33. The highest BCUT2D eigenvalue weighted by molar-refractivity contribution is 5.76. The summed E-state index contributed by atoms with van der Waals surface area (Å²) in [5.74, 6) is 2.01. The fraction of sp³-hybridized carbons (Fsp3) is 0.375. The monoisotopic (exact) mass is 449 g/mol. The molecule has 1 fully saturated rings. The van der Waals surface area contributed by atoms with Gasteiger partial charge in [0.1, 0.15) is 5.69 Å². The molecule has 1 aliphatic carbocycles. The third-order valence-electron chi connectivity index (χ3n) is 5.73. The van der Waals surface area contributed by atoms with Gasteiger partial charge in [-0.25, -0.2) is 0 Å². The third kappa shape index (κ3) is 5.94. The highest BCUT2D eigenvalue weighted by atomic mass is 16.5. The van der Waals surface area contributed by atoms with Gasteiger partial charge in [-0.1, -0.05) is 6.42 Å². The van der Waals surface area contributed by atoms with E-state index in [1.807, 2.05) is 24.3 Å². The Kier molecular flexibility index (Phi) is 7.29. The van der Waals surface area contributed by atoms with Gasteiger partial charge in [-0.15, -0.1) is 10.2 Å². The van der Waals surface area contributed by atoms with Gasteiger partial charge in [0.2, 0.25) is 5.91 Å². The van der Waals surface area contributed by atoms with Crippen molar-refractivity contribution in [1.82, 2.24) is 25.5 Å². The normalized spacial score (nSPS) is 13.2. The Morgan fingerprint density at radius 1 is 1.15 bits per heavy atom. The lowest BCUT2D eigenvalue weighted by Gasteiger charge is -2.25.